The van der Waals surface area contributed by atoms with Gasteiger partial charge in [0.25, 0.3) is 0 Å². The Morgan fingerprint density at radius 1 is 1.40 bits per heavy atom. The Hall–Kier alpha value is -0.120. The normalized spacial score (nSPS) is 14.1. The monoisotopic (exact) mass is 146 g/mol. The first-order valence-corrected chi connectivity index (χ1v) is 3.85. The number of likely N-dealkylation sites (N-methyl/N-ethyl adjacent to an activating group) is 1. The van der Waals surface area contributed by atoms with Gasteiger partial charge >= 0.3 is 0 Å². The van der Waals surface area contributed by atoms with Crippen molar-refractivity contribution in [2.45, 2.75) is 20.0 Å². The van der Waals surface area contributed by atoms with Crippen LogP contribution in [0, 0.1) is 0 Å². The first kappa shape index (κ1) is 9.88. The molecular formula is C7H18N2O. The molecule has 0 saturated heterocycles. The highest BCUT2D eigenvalue weighted by Gasteiger charge is 2.05. The van der Waals surface area contributed by atoms with E-state index in [0.717, 1.165) is 13.1 Å². The largest absolute Gasteiger partial charge is 0.390 e. The highest BCUT2D eigenvalue weighted by molar-refractivity contribution is 4.61. The van der Waals surface area contributed by atoms with Crippen molar-refractivity contribution < 1.29 is 5.11 Å². The minimum atomic E-state index is -0.361. The lowest BCUT2D eigenvalue weighted by Crippen LogP contribution is -2.36. The number of nitrogens with two attached hydrogens (primary N) is 1. The van der Waals surface area contributed by atoms with Crippen LogP contribution in [-0.2, 0) is 0 Å². The third kappa shape index (κ3) is 3.82. The van der Waals surface area contributed by atoms with Gasteiger partial charge in [-0.1, -0.05) is 13.8 Å². The first-order valence-electron chi connectivity index (χ1n) is 3.85. The van der Waals surface area contributed by atoms with Gasteiger partial charge in [-0.3, -0.25) is 0 Å². The Balaban J connectivity index is 3.41. The standard InChI is InChI=1S/C7H18N2O/c1-3-9(4-2)6-7(10)5-8/h7,10H,3-6,8H2,1-2H3/t7-/m1/s1. The van der Waals surface area contributed by atoms with E-state index in [4.69, 9.17) is 10.8 Å². The number of aliphatic hydroxyl groups excluding tert-OH is 1. The lowest BCUT2D eigenvalue weighted by atomic mass is 10.3. The Bertz CT molecular complexity index is 74.0. The van der Waals surface area contributed by atoms with Crippen molar-refractivity contribution in [1.29, 1.82) is 0 Å². The second kappa shape index (κ2) is 5.65. The first-order chi connectivity index (χ1) is 4.74. The highest BCUT2D eigenvalue weighted by Crippen LogP contribution is 1.89. The van der Waals surface area contributed by atoms with Crippen LogP contribution >= 0.6 is 0 Å². The smallest absolute Gasteiger partial charge is 0.0789 e. The minimum absolute atomic E-state index is 0.358. The van der Waals surface area contributed by atoms with E-state index in [9.17, 15) is 0 Å². The molecule has 0 heterocycles. The van der Waals surface area contributed by atoms with Crippen molar-refractivity contribution in [2.75, 3.05) is 26.2 Å². The molecule has 0 amide bonds. The summed E-state index contributed by atoms with van der Waals surface area (Å²) in [6, 6.07) is 0. The molecule has 0 aromatic carbocycles. The zero-order valence-electron chi connectivity index (χ0n) is 6.88. The van der Waals surface area contributed by atoms with Gasteiger partial charge in [-0.15, -0.1) is 0 Å². The molecule has 3 nitrogen and oxygen atoms in total. The maximum atomic E-state index is 9.12. The molecule has 10 heavy (non-hydrogen) atoms. The molecule has 0 radical (unpaired) electrons. The van der Waals surface area contributed by atoms with Crippen molar-refractivity contribution >= 4 is 0 Å². The topological polar surface area (TPSA) is 49.5 Å². The number of rotatable bonds is 5. The van der Waals surface area contributed by atoms with E-state index in [0.29, 0.717) is 13.1 Å². The molecule has 0 aliphatic heterocycles. The van der Waals surface area contributed by atoms with Crippen LogP contribution in [0.3, 0.4) is 0 Å². The van der Waals surface area contributed by atoms with Gasteiger partial charge in [0, 0.05) is 13.1 Å². The molecule has 0 aromatic rings. The minimum Gasteiger partial charge on any atom is -0.390 e. The van der Waals surface area contributed by atoms with E-state index in [1.165, 1.54) is 0 Å². The Morgan fingerprint density at radius 2 is 1.90 bits per heavy atom. The van der Waals surface area contributed by atoms with E-state index in [2.05, 4.69) is 18.7 Å². The van der Waals surface area contributed by atoms with Gasteiger partial charge in [0.1, 0.15) is 0 Å². The predicted octanol–water partition coefficient (Wildman–Crippen LogP) is -0.352. The molecule has 0 saturated carbocycles. The third-order valence-corrected chi connectivity index (χ3v) is 1.64. The second-order valence-electron chi connectivity index (χ2n) is 2.38. The fourth-order valence-electron chi connectivity index (χ4n) is 0.854. The summed E-state index contributed by atoms with van der Waals surface area (Å²) in [5.74, 6) is 0. The molecule has 0 bridgehead atoms. The van der Waals surface area contributed by atoms with Gasteiger partial charge in [0.2, 0.25) is 0 Å². The molecule has 0 unspecified atom stereocenters. The number of aliphatic hydroxyl groups is 1. The molecular weight excluding hydrogens is 128 g/mol. The third-order valence-electron chi connectivity index (χ3n) is 1.64. The summed E-state index contributed by atoms with van der Waals surface area (Å²) in [5.41, 5.74) is 5.25. The van der Waals surface area contributed by atoms with E-state index in [1.54, 1.807) is 0 Å². The Morgan fingerprint density at radius 3 is 2.20 bits per heavy atom. The lowest BCUT2D eigenvalue weighted by molar-refractivity contribution is 0.124. The van der Waals surface area contributed by atoms with Gasteiger partial charge in [0.15, 0.2) is 0 Å². The molecule has 0 aromatic heterocycles. The quantitative estimate of drug-likeness (QED) is 0.557. The van der Waals surface area contributed by atoms with Gasteiger partial charge in [-0.2, -0.15) is 0 Å². The van der Waals surface area contributed by atoms with Crippen LogP contribution in [0.1, 0.15) is 13.8 Å². The van der Waals surface area contributed by atoms with Crippen LogP contribution in [-0.4, -0.2) is 42.3 Å². The van der Waals surface area contributed by atoms with E-state index in [1.807, 2.05) is 0 Å². The Labute approximate surface area is 62.8 Å². The molecule has 3 N–H and O–H groups in total. The average Bonchev–Trinajstić information content (AvgIpc) is 1.99. The molecule has 3 heteroatoms. The highest BCUT2D eigenvalue weighted by atomic mass is 16.3. The van der Waals surface area contributed by atoms with Crippen LogP contribution in [0.25, 0.3) is 0 Å². The van der Waals surface area contributed by atoms with E-state index >= 15 is 0 Å². The van der Waals surface area contributed by atoms with Crippen molar-refractivity contribution in [3.63, 3.8) is 0 Å². The van der Waals surface area contributed by atoms with Crippen molar-refractivity contribution in [3.05, 3.63) is 0 Å². The van der Waals surface area contributed by atoms with Crippen LogP contribution in [0.2, 0.25) is 0 Å². The predicted molar refractivity (Wildman–Crippen MR) is 42.8 cm³/mol. The summed E-state index contributed by atoms with van der Waals surface area (Å²) in [6.07, 6.45) is -0.361. The van der Waals surface area contributed by atoms with E-state index in [-0.39, 0.29) is 6.10 Å². The van der Waals surface area contributed by atoms with Crippen molar-refractivity contribution in [2.24, 2.45) is 5.73 Å². The molecule has 0 aliphatic rings. The zero-order chi connectivity index (χ0) is 7.98. The maximum absolute atomic E-state index is 9.12. The van der Waals surface area contributed by atoms with Crippen LogP contribution in [0.4, 0.5) is 0 Å². The summed E-state index contributed by atoms with van der Waals surface area (Å²) in [5, 5.41) is 9.12. The van der Waals surface area contributed by atoms with Crippen LogP contribution < -0.4 is 5.73 Å². The second-order valence-corrected chi connectivity index (χ2v) is 2.38. The SMILES string of the molecule is CCN(CC)C[C@H](O)CN. The van der Waals surface area contributed by atoms with Crippen molar-refractivity contribution in [3.8, 4) is 0 Å². The fourth-order valence-corrected chi connectivity index (χ4v) is 0.854. The number of nitrogens with zero attached hydrogens (tertiary/aromatic N) is 1. The van der Waals surface area contributed by atoms with Gasteiger partial charge in [-0.25, -0.2) is 0 Å². The van der Waals surface area contributed by atoms with Crippen LogP contribution in [0.5, 0.6) is 0 Å². The number of hydrogen-bond acceptors (Lipinski definition) is 3. The molecule has 0 spiro atoms. The number of hydrogen-bond donors (Lipinski definition) is 2. The maximum Gasteiger partial charge on any atom is 0.0789 e. The molecule has 0 rings (SSSR count). The van der Waals surface area contributed by atoms with Crippen LogP contribution in [0.15, 0.2) is 0 Å². The van der Waals surface area contributed by atoms with Crippen molar-refractivity contribution in [1.82, 2.24) is 4.90 Å². The summed E-state index contributed by atoms with van der Waals surface area (Å²) in [4.78, 5) is 2.15. The molecule has 0 aliphatic carbocycles. The summed E-state index contributed by atoms with van der Waals surface area (Å²) >= 11 is 0. The van der Waals surface area contributed by atoms with Gasteiger partial charge in [-0.05, 0) is 13.1 Å². The zero-order valence-corrected chi connectivity index (χ0v) is 6.88. The summed E-state index contributed by atoms with van der Waals surface area (Å²) in [6.45, 7) is 7.17. The molecule has 1 atom stereocenters. The molecule has 62 valence electrons. The van der Waals surface area contributed by atoms with Gasteiger partial charge in [0.05, 0.1) is 6.10 Å². The lowest BCUT2D eigenvalue weighted by Gasteiger charge is -2.20. The van der Waals surface area contributed by atoms with E-state index < -0.39 is 0 Å². The van der Waals surface area contributed by atoms with Gasteiger partial charge < -0.3 is 15.7 Å². The fraction of sp³-hybridized carbons (Fsp3) is 1.00. The Kier molecular flexibility index (Phi) is 5.58. The average molecular weight is 146 g/mol. The molecule has 0 fully saturated rings. The summed E-state index contributed by atoms with van der Waals surface area (Å²) in [7, 11) is 0. The summed E-state index contributed by atoms with van der Waals surface area (Å²) < 4.78 is 0.